The Hall–Kier alpha value is -4.28. The number of aliphatic hydroxyl groups is 1. The highest BCUT2D eigenvalue weighted by Gasteiger charge is 2.48. The molecule has 0 saturated carbocycles. The lowest BCUT2D eigenvalue weighted by Gasteiger charge is -2.24. The highest BCUT2D eigenvalue weighted by atomic mass is 35.5. The fourth-order valence-corrected chi connectivity index (χ4v) is 6.46. The van der Waals surface area contributed by atoms with Gasteiger partial charge in [0.2, 0.25) is 0 Å². The minimum absolute atomic E-state index is 0.0855. The van der Waals surface area contributed by atoms with Gasteiger partial charge in [0.15, 0.2) is 28.1 Å². The number of unbranched alkanes of at least 4 members (excludes halogenated alkanes) is 2. The Bertz CT molecular complexity index is 1750. The molecule has 3 aromatic carbocycles. The number of halogens is 1. The number of ketones is 1. The van der Waals surface area contributed by atoms with E-state index in [-0.39, 0.29) is 11.3 Å². The second kappa shape index (κ2) is 12.1. The standard InChI is InChI=1S/C32H29ClN2O7S/c1-3-4-5-12-40-22-10-6-18(15-24(22)39-2)28-27(29(36)19-7-11-23-25(16-19)42-14-13-41-23)30(37)31(38)35(28)32-34-21-9-8-20(33)17-26(21)43-32/h6-11,15-17,28,36H,3-5,12-14H2,1-2H3/b29-27+/t28-/m1/s1. The fourth-order valence-electron chi connectivity index (χ4n) is 5.19. The fraction of sp³-hybridized carbons (Fsp3) is 0.281. The van der Waals surface area contributed by atoms with Crippen LogP contribution >= 0.6 is 22.9 Å². The summed E-state index contributed by atoms with van der Waals surface area (Å²) in [5.74, 6) is -0.0363. The average Bonchev–Trinajstić information content (AvgIpc) is 3.55. The lowest BCUT2D eigenvalue weighted by Crippen LogP contribution is -2.29. The number of hydrogen-bond acceptors (Lipinski definition) is 9. The van der Waals surface area contributed by atoms with E-state index in [0.29, 0.717) is 69.6 Å². The van der Waals surface area contributed by atoms with Crippen molar-refractivity contribution in [2.75, 3.05) is 31.8 Å². The topological polar surface area (TPSA) is 107 Å². The lowest BCUT2D eigenvalue weighted by molar-refractivity contribution is -0.132. The van der Waals surface area contributed by atoms with Gasteiger partial charge in [0.25, 0.3) is 5.78 Å². The predicted molar refractivity (Wildman–Crippen MR) is 165 cm³/mol. The molecule has 9 nitrogen and oxygen atoms in total. The molecule has 1 N–H and O–H groups in total. The Morgan fingerprint density at radius 3 is 2.65 bits per heavy atom. The number of methoxy groups -OCH3 is 1. The minimum Gasteiger partial charge on any atom is -0.507 e. The first kappa shape index (κ1) is 28.8. The third kappa shape index (κ3) is 5.48. The number of rotatable bonds is 9. The van der Waals surface area contributed by atoms with Crippen LogP contribution in [0.5, 0.6) is 23.0 Å². The third-order valence-electron chi connectivity index (χ3n) is 7.31. The SMILES string of the molecule is CCCCCOc1ccc([C@@H]2/C(=C(\O)c3ccc4c(c3)OCCO4)C(=O)C(=O)N2c2nc3ccc(Cl)cc3s2)cc1OC. The molecule has 1 aromatic heterocycles. The smallest absolute Gasteiger partial charge is 0.301 e. The van der Waals surface area contributed by atoms with Crippen molar-refractivity contribution in [1.29, 1.82) is 0 Å². The van der Waals surface area contributed by atoms with Crippen molar-refractivity contribution in [2.45, 2.75) is 32.2 Å². The summed E-state index contributed by atoms with van der Waals surface area (Å²) in [6, 6.07) is 14.4. The van der Waals surface area contributed by atoms with Gasteiger partial charge in [-0.05, 0) is 60.5 Å². The summed E-state index contributed by atoms with van der Waals surface area (Å²) >= 11 is 7.44. The first-order chi connectivity index (χ1) is 20.9. The molecule has 0 spiro atoms. The van der Waals surface area contributed by atoms with E-state index in [9.17, 15) is 14.7 Å². The minimum atomic E-state index is -1.01. The van der Waals surface area contributed by atoms with Gasteiger partial charge in [-0.25, -0.2) is 4.98 Å². The van der Waals surface area contributed by atoms with E-state index in [4.69, 9.17) is 30.5 Å². The van der Waals surface area contributed by atoms with Crippen LogP contribution in [0, 0.1) is 0 Å². The molecule has 11 heteroatoms. The van der Waals surface area contributed by atoms with Crippen LogP contribution in [0.3, 0.4) is 0 Å². The normalized spacial score (nSPS) is 17.5. The maximum atomic E-state index is 13.7. The van der Waals surface area contributed by atoms with Crippen LogP contribution < -0.4 is 23.8 Å². The highest BCUT2D eigenvalue weighted by molar-refractivity contribution is 7.22. The Kier molecular flexibility index (Phi) is 8.14. The number of fused-ring (bicyclic) bond motifs is 2. The zero-order valence-electron chi connectivity index (χ0n) is 23.6. The van der Waals surface area contributed by atoms with E-state index < -0.39 is 17.7 Å². The zero-order chi connectivity index (χ0) is 30.1. The van der Waals surface area contributed by atoms with Gasteiger partial charge >= 0.3 is 5.91 Å². The number of aliphatic hydroxyl groups excluding tert-OH is 1. The van der Waals surface area contributed by atoms with E-state index in [0.717, 1.165) is 24.0 Å². The zero-order valence-corrected chi connectivity index (χ0v) is 25.2. The van der Waals surface area contributed by atoms with Gasteiger partial charge in [-0.15, -0.1) is 0 Å². The van der Waals surface area contributed by atoms with E-state index in [2.05, 4.69) is 11.9 Å². The predicted octanol–water partition coefficient (Wildman–Crippen LogP) is 6.92. The number of aromatic nitrogens is 1. The van der Waals surface area contributed by atoms with Gasteiger partial charge in [-0.1, -0.05) is 48.8 Å². The summed E-state index contributed by atoms with van der Waals surface area (Å²) in [7, 11) is 1.53. The van der Waals surface area contributed by atoms with Gasteiger partial charge in [0, 0.05) is 10.6 Å². The van der Waals surface area contributed by atoms with Crippen molar-refractivity contribution in [3.05, 3.63) is 76.3 Å². The van der Waals surface area contributed by atoms with Gasteiger partial charge in [-0.3, -0.25) is 14.5 Å². The Balaban J connectivity index is 1.48. The number of ether oxygens (including phenoxy) is 4. The lowest BCUT2D eigenvalue weighted by atomic mass is 9.95. The molecule has 222 valence electrons. The number of benzene rings is 3. The number of Topliss-reactive ketones (excluding diaryl/α,β-unsaturated/α-hetero) is 1. The Labute approximate surface area is 257 Å². The quantitative estimate of drug-likeness (QED) is 0.0929. The number of amides is 1. The molecular weight excluding hydrogens is 592 g/mol. The summed E-state index contributed by atoms with van der Waals surface area (Å²) < 4.78 is 23.7. The summed E-state index contributed by atoms with van der Waals surface area (Å²) in [4.78, 5) is 33.4. The molecular formula is C32H29ClN2O7S. The van der Waals surface area contributed by atoms with Crippen molar-refractivity contribution in [1.82, 2.24) is 4.98 Å². The van der Waals surface area contributed by atoms with Gasteiger partial charge in [-0.2, -0.15) is 0 Å². The highest BCUT2D eigenvalue weighted by Crippen LogP contribution is 2.46. The van der Waals surface area contributed by atoms with E-state index in [1.54, 1.807) is 54.6 Å². The van der Waals surface area contributed by atoms with Gasteiger partial charge in [0.1, 0.15) is 19.0 Å². The molecule has 4 aromatic rings. The number of hydrogen-bond donors (Lipinski definition) is 1. The first-order valence-corrected chi connectivity index (χ1v) is 15.2. The Morgan fingerprint density at radius 2 is 1.86 bits per heavy atom. The summed E-state index contributed by atoms with van der Waals surface area (Å²) in [5.41, 5.74) is 1.39. The second-order valence-corrected chi connectivity index (χ2v) is 11.5. The molecule has 2 aliphatic rings. The molecule has 2 aliphatic heterocycles. The molecule has 1 saturated heterocycles. The van der Waals surface area contributed by atoms with Gasteiger partial charge in [0.05, 0.1) is 35.5 Å². The van der Waals surface area contributed by atoms with E-state index in [1.165, 1.54) is 23.3 Å². The number of carbonyl (C=O) groups excluding carboxylic acids is 2. The molecule has 1 atom stereocenters. The van der Waals surface area contributed by atoms with Crippen molar-refractivity contribution in [2.24, 2.45) is 0 Å². The molecule has 0 aliphatic carbocycles. The van der Waals surface area contributed by atoms with Crippen LogP contribution in [0.2, 0.25) is 5.02 Å². The molecule has 0 bridgehead atoms. The average molecular weight is 621 g/mol. The number of carbonyl (C=O) groups is 2. The van der Waals surface area contributed by atoms with Crippen LogP contribution in [0.1, 0.15) is 43.4 Å². The largest absolute Gasteiger partial charge is 0.507 e. The second-order valence-electron chi connectivity index (χ2n) is 10.1. The van der Waals surface area contributed by atoms with Crippen molar-refractivity contribution >= 4 is 55.7 Å². The summed E-state index contributed by atoms with van der Waals surface area (Å²) in [6.45, 7) is 3.42. The molecule has 0 radical (unpaired) electrons. The van der Waals surface area contributed by atoms with Crippen LogP contribution in [-0.2, 0) is 9.59 Å². The number of anilines is 1. The van der Waals surface area contributed by atoms with Crippen molar-refractivity contribution < 1.29 is 33.6 Å². The Morgan fingerprint density at radius 1 is 1.05 bits per heavy atom. The van der Waals surface area contributed by atoms with Crippen LogP contribution in [-0.4, -0.2) is 48.7 Å². The van der Waals surface area contributed by atoms with Gasteiger partial charge < -0.3 is 24.1 Å². The van der Waals surface area contributed by atoms with Crippen LogP contribution in [0.25, 0.3) is 16.0 Å². The van der Waals surface area contributed by atoms with E-state index in [1.807, 2.05) is 0 Å². The number of thiazole rings is 1. The first-order valence-electron chi connectivity index (χ1n) is 14.0. The third-order valence-corrected chi connectivity index (χ3v) is 8.57. The molecule has 0 unspecified atom stereocenters. The van der Waals surface area contributed by atoms with Crippen LogP contribution in [0.15, 0.2) is 60.2 Å². The summed E-state index contributed by atoms with van der Waals surface area (Å²) in [6.07, 6.45) is 3.01. The molecule has 1 amide bonds. The summed E-state index contributed by atoms with van der Waals surface area (Å²) in [5, 5.41) is 12.4. The maximum absolute atomic E-state index is 13.7. The van der Waals surface area contributed by atoms with Crippen molar-refractivity contribution in [3.8, 4) is 23.0 Å². The van der Waals surface area contributed by atoms with Crippen LogP contribution in [0.4, 0.5) is 5.13 Å². The molecule has 1 fully saturated rings. The maximum Gasteiger partial charge on any atom is 0.301 e. The monoisotopic (exact) mass is 620 g/mol. The molecule has 6 rings (SSSR count). The molecule has 43 heavy (non-hydrogen) atoms. The van der Waals surface area contributed by atoms with Crippen molar-refractivity contribution in [3.63, 3.8) is 0 Å². The molecule has 3 heterocycles. The van der Waals surface area contributed by atoms with E-state index >= 15 is 0 Å². The number of nitrogens with zero attached hydrogens (tertiary/aromatic N) is 2.